The summed E-state index contributed by atoms with van der Waals surface area (Å²) in [5, 5.41) is 1.33. The van der Waals surface area contributed by atoms with Crippen LogP contribution >= 0.6 is 11.6 Å². The van der Waals surface area contributed by atoms with Crippen LogP contribution in [0.1, 0.15) is 24.8 Å². The number of benzene rings is 1. The number of hydrogen-bond acceptors (Lipinski definition) is 3. The van der Waals surface area contributed by atoms with E-state index in [9.17, 15) is 0 Å². The summed E-state index contributed by atoms with van der Waals surface area (Å²) in [4.78, 5) is 8.25. The summed E-state index contributed by atoms with van der Waals surface area (Å²) in [6.45, 7) is 2.25. The van der Waals surface area contributed by atoms with E-state index in [1.54, 1.807) is 7.11 Å². The molecule has 1 aromatic carbocycles. The third-order valence-electron chi connectivity index (χ3n) is 3.45. The Labute approximate surface area is 105 Å². The third kappa shape index (κ3) is 1.75. The van der Waals surface area contributed by atoms with Gasteiger partial charge < -0.3 is 4.74 Å². The molecule has 17 heavy (non-hydrogen) atoms. The minimum absolute atomic E-state index is 0.476. The van der Waals surface area contributed by atoms with Gasteiger partial charge in [0.05, 0.1) is 12.6 Å². The normalized spacial score (nSPS) is 22.8. The number of fused-ring (bicyclic) bond motifs is 1. The molecule has 0 amide bonds. The van der Waals surface area contributed by atoms with Crippen molar-refractivity contribution in [2.45, 2.75) is 19.3 Å². The lowest BCUT2D eigenvalue weighted by Crippen LogP contribution is -1.93. The van der Waals surface area contributed by atoms with E-state index >= 15 is 0 Å². The first-order chi connectivity index (χ1) is 8.20. The van der Waals surface area contributed by atoms with E-state index in [1.807, 2.05) is 6.07 Å². The molecule has 2 aromatic rings. The average molecular weight is 249 g/mol. The van der Waals surface area contributed by atoms with Crippen LogP contribution in [0, 0.1) is 5.92 Å². The maximum Gasteiger partial charge on any atom is 0.140 e. The van der Waals surface area contributed by atoms with Gasteiger partial charge in [0.1, 0.15) is 17.2 Å². The Morgan fingerprint density at radius 1 is 1.35 bits per heavy atom. The third-order valence-corrected chi connectivity index (χ3v) is 3.75. The monoisotopic (exact) mass is 248 g/mol. The maximum atomic E-state index is 6.06. The molecule has 4 heteroatoms. The molecule has 1 aromatic heterocycles. The molecule has 0 radical (unpaired) electrons. The van der Waals surface area contributed by atoms with Crippen molar-refractivity contribution in [1.29, 1.82) is 0 Å². The number of ether oxygens (including phenoxy) is 1. The number of rotatable bonds is 2. The zero-order valence-electron chi connectivity index (χ0n) is 9.77. The molecule has 0 saturated heterocycles. The van der Waals surface area contributed by atoms with Gasteiger partial charge in [0.15, 0.2) is 0 Å². The van der Waals surface area contributed by atoms with Crippen LogP contribution < -0.4 is 4.74 Å². The van der Waals surface area contributed by atoms with Crippen molar-refractivity contribution in [3.05, 3.63) is 29.2 Å². The van der Waals surface area contributed by atoms with Crippen LogP contribution in [-0.2, 0) is 0 Å². The second-order valence-electron chi connectivity index (χ2n) is 4.60. The first-order valence-corrected chi connectivity index (χ1v) is 6.06. The molecule has 1 fully saturated rings. The summed E-state index contributed by atoms with van der Waals surface area (Å²) in [6.07, 6.45) is 2.72. The smallest absolute Gasteiger partial charge is 0.140 e. The Morgan fingerprint density at radius 2 is 2.12 bits per heavy atom. The van der Waals surface area contributed by atoms with Crippen molar-refractivity contribution < 1.29 is 4.74 Å². The van der Waals surface area contributed by atoms with Crippen molar-refractivity contribution in [2.24, 2.45) is 5.92 Å². The highest BCUT2D eigenvalue weighted by Gasteiger charge is 2.36. The number of aromatic nitrogens is 2. The molecule has 2 atom stereocenters. The van der Waals surface area contributed by atoms with Crippen molar-refractivity contribution in [1.82, 2.24) is 9.97 Å². The van der Waals surface area contributed by atoms with Gasteiger partial charge in [0.2, 0.25) is 0 Å². The summed E-state index contributed by atoms with van der Waals surface area (Å²) < 4.78 is 5.44. The van der Waals surface area contributed by atoms with E-state index in [0.29, 0.717) is 11.1 Å². The standard InChI is InChI=1S/C13H13ClN2O/c1-7-3-8(7)9-4-11-10(5-12(9)17-2)13(14)16-6-15-11/h4-8H,3H2,1-2H3/t7-,8?/m1/s1. The second kappa shape index (κ2) is 3.84. The van der Waals surface area contributed by atoms with Crippen molar-refractivity contribution in [2.75, 3.05) is 7.11 Å². The van der Waals surface area contributed by atoms with Gasteiger partial charge in [0, 0.05) is 5.39 Å². The zero-order chi connectivity index (χ0) is 12.0. The molecule has 1 aliphatic carbocycles. The Hall–Kier alpha value is -1.35. The molecule has 3 nitrogen and oxygen atoms in total. The van der Waals surface area contributed by atoms with Gasteiger partial charge in [-0.25, -0.2) is 9.97 Å². The quantitative estimate of drug-likeness (QED) is 0.764. The minimum atomic E-state index is 0.476. The van der Waals surface area contributed by atoms with Crippen LogP contribution in [0.15, 0.2) is 18.5 Å². The topological polar surface area (TPSA) is 35.0 Å². The average Bonchev–Trinajstić information content (AvgIpc) is 3.05. The van der Waals surface area contributed by atoms with E-state index in [-0.39, 0.29) is 0 Å². The fourth-order valence-corrected chi connectivity index (χ4v) is 2.48. The molecular weight excluding hydrogens is 236 g/mol. The Morgan fingerprint density at radius 3 is 2.76 bits per heavy atom. The van der Waals surface area contributed by atoms with E-state index in [1.165, 1.54) is 18.3 Å². The number of methoxy groups -OCH3 is 1. The lowest BCUT2D eigenvalue weighted by molar-refractivity contribution is 0.410. The minimum Gasteiger partial charge on any atom is -0.496 e. The zero-order valence-corrected chi connectivity index (χ0v) is 10.5. The second-order valence-corrected chi connectivity index (χ2v) is 4.95. The summed E-state index contributed by atoms with van der Waals surface area (Å²) in [5.41, 5.74) is 2.13. The van der Waals surface area contributed by atoms with Gasteiger partial charge in [0.25, 0.3) is 0 Å². The van der Waals surface area contributed by atoms with Gasteiger partial charge in [-0.3, -0.25) is 0 Å². The maximum absolute atomic E-state index is 6.06. The van der Waals surface area contributed by atoms with Crippen LogP contribution in [-0.4, -0.2) is 17.1 Å². The molecule has 1 heterocycles. The van der Waals surface area contributed by atoms with E-state index in [2.05, 4.69) is 23.0 Å². The fourth-order valence-electron chi connectivity index (χ4n) is 2.29. The predicted molar refractivity (Wildman–Crippen MR) is 67.6 cm³/mol. The lowest BCUT2D eigenvalue weighted by atomic mass is 10.1. The van der Waals surface area contributed by atoms with Gasteiger partial charge >= 0.3 is 0 Å². The van der Waals surface area contributed by atoms with Crippen LogP contribution in [0.2, 0.25) is 5.15 Å². The van der Waals surface area contributed by atoms with Crippen LogP contribution in [0.3, 0.4) is 0 Å². The molecule has 0 aliphatic heterocycles. The Kier molecular flexibility index (Phi) is 2.44. The molecule has 0 N–H and O–H groups in total. The van der Waals surface area contributed by atoms with Crippen molar-refractivity contribution in [3.8, 4) is 5.75 Å². The Bertz CT molecular complexity index is 585. The first-order valence-electron chi connectivity index (χ1n) is 5.69. The van der Waals surface area contributed by atoms with Crippen molar-refractivity contribution >= 4 is 22.5 Å². The molecule has 1 saturated carbocycles. The fraction of sp³-hybridized carbons (Fsp3) is 0.385. The molecular formula is C13H13ClN2O. The highest BCUT2D eigenvalue weighted by molar-refractivity contribution is 6.34. The number of halogens is 1. The van der Waals surface area contributed by atoms with Gasteiger partial charge in [-0.15, -0.1) is 0 Å². The van der Waals surface area contributed by atoms with Crippen LogP contribution in [0.25, 0.3) is 10.9 Å². The number of nitrogens with zero attached hydrogens (tertiary/aromatic N) is 2. The van der Waals surface area contributed by atoms with Gasteiger partial charge in [-0.05, 0) is 36.0 Å². The first kappa shape index (κ1) is 10.8. The lowest BCUT2D eigenvalue weighted by Gasteiger charge is -2.10. The van der Waals surface area contributed by atoms with Gasteiger partial charge in [-0.1, -0.05) is 18.5 Å². The van der Waals surface area contributed by atoms with E-state index < -0.39 is 0 Å². The van der Waals surface area contributed by atoms with Gasteiger partial charge in [-0.2, -0.15) is 0 Å². The summed E-state index contributed by atoms with van der Waals surface area (Å²) in [5.74, 6) is 2.23. The molecule has 1 unspecified atom stereocenters. The molecule has 0 spiro atoms. The number of hydrogen-bond donors (Lipinski definition) is 0. The summed E-state index contributed by atoms with van der Waals surface area (Å²) in [6, 6.07) is 4.02. The van der Waals surface area contributed by atoms with E-state index in [4.69, 9.17) is 16.3 Å². The SMILES string of the molecule is COc1cc2c(Cl)ncnc2cc1C1C[C@H]1C. The predicted octanol–water partition coefficient (Wildman–Crippen LogP) is 3.42. The molecule has 0 bridgehead atoms. The largest absolute Gasteiger partial charge is 0.496 e. The highest BCUT2D eigenvalue weighted by Crippen LogP contribution is 2.50. The highest BCUT2D eigenvalue weighted by atomic mass is 35.5. The summed E-state index contributed by atoms with van der Waals surface area (Å²) in [7, 11) is 1.69. The molecule has 1 aliphatic rings. The van der Waals surface area contributed by atoms with Crippen LogP contribution in [0.4, 0.5) is 0 Å². The Balaban J connectivity index is 2.22. The van der Waals surface area contributed by atoms with Crippen LogP contribution in [0.5, 0.6) is 5.75 Å². The molecule has 3 rings (SSSR count). The summed E-state index contributed by atoms with van der Waals surface area (Å²) >= 11 is 6.06. The van der Waals surface area contributed by atoms with E-state index in [0.717, 1.165) is 22.6 Å². The molecule has 88 valence electrons. The van der Waals surface area contributed by atoms with Crippen molar-refractivity contribution in [3.63, 3.8) is 0 Å².